The predicted molar refractivity (Wildman–Crippen MR) is 81.9 cm³/mol. The Balaban J connectivity index is 1.92. The molecule has 2 aromatic rings. The number of aryl methyl sites for hydroxylation is 1. The van der Waals surface area contributed by atoms with Gasteiger partial charge in [0.05, 0.1) is 16.5 Å². The van der Waals surface area contributed by atoms with E-state index >= 15 is 0 Å². The van der Waals surface area contributed by atoms with Gasteiger partial charge < -0.3 is 5.32 Å². The number of carbonyl (C=O) groups is 1. The van der Waals surface area contributed by atoms with Crippen molar-refractivity contribution in [3.63, 3.8) is 0 Å². The lowest BCUT2D eigenvalue weighted by atomic mass is 10.2. The van der Waals surface area contributed by atoms with Crippen LogP contribution >= 0.6 is 23.4 Å². The van der Waals surface area contributed by atoms with Gasteiger partial charge in [-0.05, 0) is 31.2 Å². The molecule has 1 amide bonds. The van der Waals surface area contributed by atoms with Crippen molar-refractivity contribution >= 4 is 35.0 Å². The Bertz CT molecular complexity index is 616. The third-order valence-electron chi connectivity index (χ3n) is 2.62. The normalized spacial score (nSPS) is 10.3. The largest absolute Gasteiger partial charge is 0.323 e. The number of benzene rings is 2. The molecule has 0 radical (unpaired) electrons. The highest BCUT2D eigenvalue weighted by Crippen LogP contribution is 2.23. The van der Waals surface area contributed by atoms with Crippen molar-refractivity contribution in [2.45, 2.75) is 11.8 Å². The summed E-state index contributed by atoms with van der Waals surface area (Å²) in [5, 5.41) is 2.51. The van der Waals surface area contributed by atoms with Crippen molar-refractivity contribution in [1.29, 1.82) is 0 Å². The van der Waals surface area contributed by atoms with E-state index in [1.165, 1.54) is 29.5 Å². The van der Waals surface area contributed by atoms with Crippen molar-refractivity contribution in [1.82, 2.24) is 0 Å². The fraction of sp³-hybridized carbons (Fsp3) is 0.133. The second kappa shape index (κ2) is 6.77. The molecule has 0 fully saturated rings. The van der Waals surface area contributed by atoms with Crippen LogP contribution in [0, 0.1) is 12.7 Å². The van der Waals surface area contributed by atoms with E-state index in [0.717, 1.165) is 4.90 Å². The first kappa shape index (κ1) is 14.9. The van der Waals surface area contributed by atoms with Crippen LogP contribution in [0.2, 0.25) is 5.02 Å². The fourth-order valence-electron chi connectivity index (χ4n) is 1.57. The van der Waals surface area contributed by atoms with Gasteiger partial charge in [0, 0.05) is 4.90 Å². The lowest BCUT2D eigenvalue weighted by Crippen LogP contribution is -2.15. The maximum Gasteiger partial charge on any atom is 0.234 e. The highest BCUT2D eigenvalue weighted by atomic mass is 35.5. The molecule has 0 aromatic heterocycles. The van der Waals surface area contributed by atoms with E-state index in [0.29, 0.717) is 0 Å². The fourth-order valence-corrected chi connectivity index (χ4v) is 2.44. The van der Waals surface area contributed by atoms with Gasteiger partial charge in [-0.15, -0.1) is 11.8 Å². The Morgan fingerprint density at radius 2 is 1.95 bits per heavy atom. The molecule has 0 spiro atoms. The quantitative estimate of drug-likeness (QED) is 0.841. The van der Waals surface area contributed by atoms with Crippen molar-refractivity contribution < 1.29 is 9.18 Å². The lowest BCUT2D eigenvalue weighted by Gasteiger charge is -2.07. The zero-order chi connectivity index (χ0) is 14.5. The highest BCUT2D eigenvalue weighted by molar-refractivity contribution is 8.00. The molecule has 2 rings (SSSR count). The minimum Gasteiger partial charge on any atom is -0.323 e. The first-order chi connectivity index (χ1) is 9.56. The van der Waals surface area contributed by atoms with Gasteiger partial charge in [0.1, 0.15) is 0 Å². The van der Waals surface area contributed by atoms with Crippen molar-refractivity contribution in [2.75, 3.05) is 11.1 Å². The van der Waals surface area contributed by atoms with E-state index in [1.807, 2.05) is 31.2 Å². The number of halogens is 2. The Labute approximate surface area is 126 Å². The molecule has 0 atom stereocenters. The molecule has 20 heavy (non-hydrogen) atoms. The van der Waals surface area contributed by atoms with Crippen LogP contribution in [0.25, 0.3) is 0 Å². The molecule has 0 aliphatic carbocycles. The van der Waals surface area contributed by atoms with Gasteiger partial charge in [0.2, 0.25) is 5.91 Å². The number of hydrogen-bond acceptors (Lipinski definition) is 2. The minimum atomic E-state index is -0.608. The van der Waals surface area contributed by atoms with Crippen molar-refractivity contribution in [2.24, 2.45) is 0 Å². The summed E-state index contributed by atoms with van der Waals surface area (Å²) in [7, 11) is 0. The zero-order valence-corrected chi connectivity index (χ0v) is 12.4. The SMILES string of the molecule is Cc1ccc(SCC(=O)Nc2cccc(Cl)c2F)cc1. The molecular weight excluding hydrogens is 297 g/mol. The topological polar surface area (TPSA) is 29.1 Å². The van der Waals surface area contributed by atoms with Crippen LogP contribution < -0.4 is 5.32 Å². The summed E-state index contributed by atoms with van der Waals surface area (Å²) in [5.74, 6) is -0.658. The average Bonchev–Trinajstić information content (AvgIpc) is 2.43. The molecule has 2 aromatic carbocycles. The number of anilines is 1. The average molecular weight is 310 g/mol. The van der Waals surface area contributed by atoms with E-state index in [-0.39, 0.29) is 22.4 Å². The predicted octanol–water partition coefficient (Wildman–Crippen LogP) is 4.52. The Morgan fingerprint density at radius 1 is 1.25 bits per heavy atom. The van der Waals surface area contributed by atoms with Gasteiger partial charge in [-0.2, -0.15) is 0 Å². The first-order valence-corrected chi connectivity index (χ1v) is 7.36. The first-order valence-electron chi connectivity index (χ1n) is 5.99. The molecule has 104 valence electrons. The molecule has 0 aliphatic rings. The van der Waals surface area contributed by atoms with E-state index in [4.69, 9.17) is 11.6 Å². The molecule has 2 nitrogen and oxygen atoms in total. The second-order valence-corrected chi connectivity index (χ2v) is 5.71. The van der Waals surface area contributed by atoms with Gasteiger partial charge in [0.15, 0.2) is 5.82 Å². The molecule has 0 aliphatic heterocycles. The zero-order valence-electron chi connectivity index (χ0n) is 10.8. The van der Waals surface area contributed by atoms with Crippen LogP contribution in [0.5, 0.6) is 0 Å². The van der Waals surface area contributed by atoms with Gasteiger partial charge >= 0.3 is 0 Å². The summed E-state index contributed by atoms with van der Waals surface area (Å²) in [6.45, 7) is 2.00. The summed E-state index contributed by atoms with van der Waals surface area (Å²) >= 11 is 7.05. The maximum atomic E-state index is 13.6. The van der Waals surface area contributed by atoms with Gasteiger partial charge in [-0.25, -0.2) is 4.39 Å². The van der Waals surface area contributed by atoms with E-state index < -0.39 is 5.82 Å². The van der Waals surface area contributed by atoms with Crippen molar-refractivity contribution in [3.05, 3.63) is 58.9 Å². The summed E-state index contributed by atoms with van der Waals surface area (Å²) in [6, 6.07) is 12.4. The highest BCUT2D eigenvalue weighted by Gasteiger charge is 2.09. The Kier molecular flexibility index (Phi) is 5.04. The van der Waals surface area contributed by atoms with Crippen LogP contribution in [0.4, 0.5) is 10.1 Å². The Hall–Kier alpha value is -1.52. The summed E-state index contributed by atoms with van der Waals surface area (Å²) in [6.07, 6.45) is 0. The summed E-state index contributed by atoms with van der Waals surface area (Å²) < 4.78 is 13.6. The number of amides is 1. The van der Waals surface area contributed by atoms with Crippen LogP contribution in [0.3, 0.4) is 0 Å². The van der Waals surface area contributed by atoms with Crippen LogP contribution in [0.15, 0.2) is 47.4 Å². The monoisotopic (exact) mass is 309 g/mol. The molecular formula is C15H13ClFNOS. The van der Waals surface area contributed by atoms with Crippen molar-refractivity contribution in [3.8, 4) is 0 Å². The lowest BCUT2D eigenvalue weighted by molar-refractivity contribution is -0.113. The number of carbonyl (C=O) groups excluding carboxylic acids is 1. The molecule has 0 saturated carbocycles. The maximum absolute atomic E-state index is 13.6. The number of thioether (sulfide) groups is 1. The molecule has 0 saturated heterocycles. The number of rotatable bonds is 4. The van der Waals surface area contributed by atoms with Crippen LogP contribution in [-0.2, 0) is 4.79 Å². The van der Waals surface area contributed by atoms with Crippen LogP contribution in [-0.4, -0.2) is 11.7 Å². The summed E-state index contributed by atoms with van der Waals surface area (Å²) in [4.78, 5) is 12.8. The smallest absolute Gasteiger partial charge is 0.234 e. The van der Waals surface area contributed by atoms with Crippen LogP contribution in [0.1, 0.15) is 5.56 Å². The summed E-state index contributed by atoms with van der Waals surface area (Å²) in [5.41, 5.74) is 1.27. The molecule has 0 bridgehead atoms. The molecule has 0 unspecified atom stereocenters. The van der Waals surface area contributed by atoms with E-state index in [2.05, 4.69) is 5.32 Å². The molecule has 5 heteroatoms. The standard InChI is InChI=1S/C15H13ClFNOS/c1-10-5-7-11(8-6-10)20-9-14(19)18-13-4-2-3-12(16)15(13)17/h2-8H,9H2,1H3,(H,18,19). The number of nitrogens with one attached hydrogen (secondary N) is 1. The van der Waals surface area contributed by atoms with E-state index in [9.17, 15) is 9.18 Å². The minimum absolute atomic E-state index is 0.00557. The molecule has 1 N–H and O–H groups in total. The third kappa shape index (κ3) is 3.99. The Morgan fingerprint density at radius 3 is 2.65 bits per heavy atom. The van der Waals surface area contributed by atoms with Gasteiger partial charge in [-0.1, -0.05) is 35.4 Å². The number of hydrogen-bond donors (Lipinski definition) is 1. The van der Waals surface area contributed by atoms with Gasteiger partial charge in [-0.3, -0.25) is 4.79 Å². The van der Waals surface area contributed by atoms with Gasteiger partial charge in [0.25, 0.3) is 0 Å². The molecule has 0 heterocycles. The second-order valence-electron chi connectivity index (χ2n) is 4.25. The third-order valence-corrected chi connectivity index (χ3v) is 3.92. The van der Waals surface area contributed by atoms with E-state index in [1.54, 1.807) is 6.07 Å².